The van der Waals surface area contributed by atoms with Crippen molar-refractivity contribution in [2.45, 2.75) is 25.4 Å². The fourth-order valence-corrected chi connectivity index (χ4v) is 2.16. The Balaban J connectivity index is 1.99. The Hall–Kier alpha value is -1.41. The van der Waals surface area contributed by atoms with E-state index in [4.69, 9.17) is 0 Å². The highest BCUT2D eigenvalue weighted by atomic mass is 16.3. The van der Waals surface area contributed by atoms with E-state index in [0.29, 0.717) is 6.42 Å². The summed E-state index contributed by atoms with van der Waals surface area (Å²) >= 11 is 0. The van der Waals surface area contributed by atoms with E-state index in [-0.39, 0.29) is 11.7 Å². The normalized spacial score (nSPS) is 28.6. The third-order valence-corrected chi connectivity index (χ3v) is 3.20. The highest BCUT2D eigenvalue weighted by Crippen LogP contribution is 2.30. The van der Waals surface area contributed by atoms with E-state index in [2.05, 4.69) is 0 Å². The van der Waals surface area contributed by atoms with E-state index in [1.807, 2.05) is 30.3 Å². The molecule has 0 bridgehead atoms. The third kappa shape index (κ3) is 2.22. The van der Waals surface area contributed by atoms with Crippen LogP contribution in [-0.4, -0.2) is 16.5 Å². The van der Waals surface area contributed by atoms with Gasteiger partial charge in [0.15, 0.2) is 5.78 Å². The number of carbonyl (C=O) groups excluding carboxylic acids is 1. The predicted octanol–water partition coefficient (Wildman–Crippen LogP) is 2.13. The van der Waals surface area contributed by atoms with Crippen molar-refractivity contribution in [1.82, 2.24) is 0 Å². The molecule has 84 valence electrons. The first-order chi connectivity index (χ1) is 7.59. The number of hydrogen-bond acceptors (Lipinski definition) is 2. The molecule has 0 aliphatic heterocycles. The van der Waals surface area contributed by atoms with Crippen LogP contribution < -0.4 is 0 Å². The molecular formula is C14H16O2. The number of aliphatic hydroxyl groups is 1. The van der Waals surface area contributed by atoms with Crippen molar-refractivity contribution >= 4 is 5.78 Å². The molecule has 1 aliphatic rings. The van der Waals surface area contributed by atoms with Crippen LogP contribution in [0.3, 0.4) is 0 Å². The van der Waals surface area contributed by atoms with Crippen molar-refractivity contribution in [3.63, 3.8) is 0 Å². The zero-order valence-electron chi connectivity index (χ0n) is 9.39. The van der Waals surface area contributed by atoms with Gasteiger partial charge in [0, 0.05) is 0 Å². The second kappa shape index (κ2) is 4.22. The first-order valence-electron chi connectivity index (χ1n) is 5.59. The summed E-state index contributed by atoms with van der Waals surface area (Å²) in [5, 5.41) is 10.00. The number of ketones is 1. The van der Waals surface area contributed by atoms with Gasteiger partial charge < -0.3 is 5.11 Å². The minimum Gasteiger partial charge on any atom is -0.385 e. The highest BCUT2D eigenvalue weighted by Gasteiger charge is 2.38. The van der Waals surface area contributed by atoms with Gasteiger partial charge in [-0.1, -0.05) is 30.3 Å². The second-order valence-electron chi connectivity index (χ2n) is 4.54. The quantitative estimate of drug-likeness (QED) is 0.840. The molecule has 0 unspecified atom stereocenters. The lowest BCUT2D eigenvalue weighted by Gasteiger charge is -2.23. The molecular weight excluding hydrogens is 200 g/mol. The van der Waals surface area contributed by atoms with Crippen LogP contribution in [0.2, 0.25) is 0 Å². The first-order valence-corrected chi connectivity index (χ1v) is 5.59. The monoisotopic (exact) mass is 216 g/mol. The second-order valence-corrected chi connectivity index (χ2v) is 4.54. The van der Waals surface area contributed by atoms with Crippen LogP contribution in [-0.2, 0) is 11.2 Å². The topological polar surface area (TPSA) is 37.3 Å². The number of rotatable bonds is 3. The lowest BCUT2D eigenvalue weighted by atomic mass is 9.86. The largest absolute Gasteiger partial charge is 0.385 e. The van der Waals surface area contributed by atoms with Gasteiger partial charge in [-0.3, -0.25) is 4.79 Å². The number of aryl methyl sites for hydroxylation is 1. The zero-order valence-corrected chi connectivity index (χ0v) is 9.39. The third-order valence-electron chi connectivity index (χ3n) is 3.20. The van der Waals surface area contributed by atoms with Crippen LogP contribution in [0.25, 0.3) is 0 Å². The lowest BCUT2D eigenvalue weighted by Crippen LogP contribution is -2.32. The van der Waals surface area contributed by atoms with Crippen molar-refractivity contribution in [1.29, 1.82) is 0 Å². The summed E-state index contributed by atoms with van der Waals surface area (Å²) in [6, 6.07) is 10.0. The molecule has 1 aliphatic carbocycles. The smallest absolute Gasteiger partial charge is 0.161 e. The summed E-state index contributed by atoms with van der Waals surface area (Å²) in [5.74, 6) is -0.242. The Bertz CT molecular complexity index is 404. The Labute approximate surface area is 95.6 Å². The summed E-state index contributed by atoms with van der Waals surface area (Å²) in [5.41, 5.74) is 0.240. The van der Waals surface area contributed by atoms with Gasteiger partial charge in [0.1, 0.15) is 0 Å². The molecule has 2 heteroatoms. The van der Waals surface area contributed by atoms with Gasteiger partial charge in [-0.25, -0.2) is 0 Å². The van der Waals surface area contributed by atoms with Crippen LogP contribution >= 0.6 is 0 Å². The Kier molecular flexibility index (Phi) is 2.92. The van der Waals surface area contributed by atoms with E-state index in [1.54, 1.807) is 13.0 Å². The van der Waals surface area contributed by atoms with Gasteiger partial charge in [0.05, 0.1) is 11.5 Å². The van der Waals surface area contributed by atoms with Crippen molar-refractivity contribution < 1.29 is 9.90 Å². The number of benzene rings is 1. The lowest BCUT2D eigenvalue weighted by molar-refractivity contribution is -0.122. The summed E-state index contributed by atoms with van der Waals surface area (Å²) in [6.45, 7) is 1.70. The van der Waals surface area contributed by atoms with E-state index < -0.39 is 5.60 Å². The number of allylic oxidation sites excluding steroid dienone is 1. The first kappa shape index (κ1) is 11.1. The van der Waals surface area contributed by atoms with Crippen molar-refractivity contribution in [2.75, 3.05) is 0 Å². The van der Waals surface area contributed by atoms with Crippen molar-refractivity contribution in [3.05, 3.63) is 48.0 Å². The van der Waals surface area contributed by atoms with Crippen LogP contribution in [0.15, 0.2) is 42.5 Å². The minimum atomic E-state index is -0.966. The van der Waals surface area contributed by atoms with Crippen LogP contribution in [0.5, 0.6) is 0 Å². The van der Waals surface area contributed by atoms with Gasteiger partial charge in [0.25, 0.3) is 0 Å². The number of hydrogen-bond donors (Lipinski definition) is 1. The van der Waals surface area contributed by atoms with Gasteiger partial charge in [-0.2, -0.15) is 0 Å². The van der Waals surface area contributed by atoms with Crippen LogP contribution in [0.4, 0.5) is 0 Å². The van der Waals surface area contributed by atoms with Crippen molar-refractivity contribution in [3.8, 4) is 0 Å². The molecule has 2 atom stereocenters. The van der Waals surface area contributed by atoms with Gasteiger partial charge in [-0.05, 0) is 37.5 Å². The summed E-state index contributed by atoms with van der Waals surface area (Å²) < 4.78 is 0. The molecule has 2 rings (SSSR count). The predicted molar refractivity (Wildman–Crippen MR) is 63.0 cm³/mol. The molecule has 0 heterocycles. The summed E-state index contributed by atoms with van der Waals surface area (Å²) in [4.78, 5) is 11.6. The number of carbonyl (C=O) groups is 1. The van der Waals surface area contributed by atoms with E-state index in [1.165, 1.54) is 11.6 Å². The fraction of sp³-hybridized carbons (Fsp3) is 0.357. The maximum atomic E-state index is 11.6. The van der Waals surface area contributed by atoms with Crippen LogP contribution in [0.1, 0.15) is 18.9 Å². The molecule has 0 saturated heterocycles. The molecule has 0 aromatic heterocycles. The molecule has 1 N–H and O–H groups in total. The molecule has 0 saturated carbocycles. The molecule has 1 aromatic carbocycles. The highest BCUT2D eigenvalue weighted by molar-refractivity contribution is 5.95. The van der Waals surface area contributed by atoms with Crippen LogP contribution in [0, 0.1) is 5.92 Å². The summed E-state index contributed by atoms with van der Waals surface area (Å²) in [7, 11) is 0. The van der Waals surface area contributed by atoms with Crippen molar-refractivity contribution in [2.24, 2.45) is 5.92 Å². The average molecular weight is 216 g/mol. The van der Waals surface area contributed by atoms with Gasteiger partial charge in [-0.15, -0.1) is 0 Å². The van der Waals surface area contributed by atoms with E-state index in [9.17, 15) is 9.90 Å². The fourth-order valence-electron chi connectivity index (χ4n) is 2.16. The average Bonchev–Trinajstić information content (AvgIpc) is 2.52. The van der Waals surface area contributed by atoms with E-state index >= 15 is 0 Å². The Morgan fingerprint density at radius 3 is 2.56 bits per heavy atom. The molecule has 16 heavy (non-hydrogen) atoms. The molecule has 0 fully saturated rings. The Morgan fingerprint density at radius 2 is 2.00 bits per heavy atom. The zero-order chi connectivity index (χ0) is 11.6. The molecule has 0 amide bonds. The maximum absolute atomic E-state index is 11.6. The molecule has 0 radical (unpaired) electrons. The van der Waals surface area contributed by atoms with Gasteiger partial charge in [0.2, 0.25) is 0 Å². The maximum Gasteiger partial charge on any atom is 0.161 e. The standard InChI is InChI=1S/C14H16O2/c1-14(16)10-9-13(15)12(14)8-7-11-5-3-2-4-6-11/h2-6,9-10,12,16H,7-8H2,1H3/t12-,14-/m1/s1. The van der Waals surface area contributed by atoms with Gasteiger partial charge >= 0.3 is 0 Å². The SMILES string of the molecule is C[C@@]1(O)C=CC(=O)[C@H]1CCc1ccccc1. The van der Waals surface area contributed by atoms with E-state index in [0.717, 1.165) is 6.42 Å². The molecule has 0 spiro atoms. The molecule has 1 aromatic rings. The molecule has 2 nitrogen and oxygen atoms in total. The summed E-state index contributed by atoms with van der Waals surface area (Å²) in [6.07, 6.45) is 4.62. The Morgan fingerprint density at radius 1 is 1.31 bits per heavy atom. The minimum absolute atomic E-state index is 0.0425.